The molecule has 0 unspecified atom stereocenters. The van der Waals surface area contributed by atoms with Crippen LogP contribution in [0.15, 0.2) is 0 Å². The molecule has 0 aliphatic carbocycles. The van der Waals surface area contributed by atoms with Gasteiger partial charge in [-0.15, -0.1) is 0 Å². The van der Waals surface area contributed by atoms with E-state index in [1.165, 1.54) is 0 Å². The van der Waals surface area contributed by atoms with E-state index in [1.54, 1.807) is 0 Å². The van der Waals surface area contributed by atoms with Gasteiger partial charge in [-0.05, 0) is 6.42 Å². The predicted octanol–water partition coefficient (Wildman–Crippen LogP) is 7.65. The lowest BCUT2D eigenvalue weighted by molar-refractivity contribution is -0.109. The summed E-state index contributed by atoms with van der Waals surface area (Å²) in [5, 5.41) is -0.539. The first kappa shape index (κ1) is 28.3. The van der Waals surface area contributed by atoms with Crippen molar-refractivity contribution in [3.8, 4) is 22.3 Å². The van der Waals surface area contributed by atoms with E-state index >= 15 is 0 Å². The normalized spacial score (nSPS) is 11.4. The van der Waals surface area contributed by atoms with Gasteiger partial charge in [0.1, 0.15) is 0 Å². The molecule has 0 fully saturated rings. The van der Waals surface area contributed by atoms with Crippen LogP contribution in [0.2, 0.25) is 0 Å². The summed E-state index contributed by atoms with van der Waals surface area (Å²) in [5.74, 6) is -35.7. The van der Waals surface area contributed by atoms with Crippen molar-refractivity contribution in [1.82, 2.24) is 0 Å². The highest BCUT2D eigenvalue weighted by Crippen LogP contribution is 2.42. The summed E-state index contributed by atoms with van der Waals surface area (Å²) in [6, 6.07) is 0. The molecule has 0 saturated carbocycles. The van der Waals surface area contributed by atoms with Crippen LogP contribution in [0, 0.1) is 75.6 Å². The second-order valence-electron chi connectivity index (χ2n) is 7.15. The van der Waals surface area contributed by atoms with Crippen molar-refractivity contribution in [2.45, 2.75) is 13.3 Å². The van der Waals surface area contributed by atoms with Crippen LogP contribution >= 0.6 is 11.8 Å². The van der Waals surface area contributed by atoms with Crippen LogP contribution < -0.4 is 0 Å². The van der Waals surface area contributed by atoms with Gasteiger partial charge in [-0.2, -0.15) is 0 Å². The molecule has 3 aromatic carbocycles. The summed E-state index contributed by atoms with van der Waals surface area (Å²) in [4.78, 5) is 10.9. The second kappa shape index (κ2) is 10.3. The number of carbonyl (C=O) groups is 1. The SMILES string of the molecule is CC(=O)SCCc1c(F)c(F)c(-c2c(F)c(F)c(-c3c(F)c(F)c(F)c(F)c3F)c(F)c2F)c(F)c1F. The minimum Gasteiger partial charge on any atom is -0.288 e. The molecule has 0 spiro atoms. The van der Waals surface area contributed by atoms with Gasteiger partial charge in [0, 0.05) is 18.2 Å². The van der Waals surface area contributed by atoms with E-state index in [0.717, 1.165) is 6.92 Å². The molecule has 0 aliphatic heterocycles. The van der Waals surface area contributed by atoms with Crippen molar-refractivity contribution >= 4 is 16.9 Å². The van der Waals surface area contributed by atoms with E-state index in [2.05, 4.69) is 0 Å². The van der Waals surface area contributed by atoms with Crippen LogP contribution in [-0.2, 0) is 11.2 Å². The van der Waals surface area contributed by atoms with Crippen molar-refractivity contribution in [3.05, 3.63) is 81.2 Å². The fourth-order valence-electron chi connectivity index (χ4n) is 3.31. The molecule has 0 bridgehead atoms. The van der Waals surface area contributed by atoms with Gasteiger partial charge in [0.15, 0.2) is 74.9 Å². The Morgan fingerprint density at radius 3 is 1.00 bits per heavy atom. The average molecular weight is 566 g/mol. The van der Waals surface area contributed by atoms with E-state index in [9.17, 15) is 61.9 Å². The zero-order chi connectivity index (χ0) is 28.1. The zero-order valence-corrected chi connectivity index (χ0v) is 18.5. The third-order valence-electron chi connectivity index (χ3n) is 4.98. The predicted molar refractivity (Wildman–Crippen MR) is 104 cm³/mol. The Morgan fingerprint density at radius 2 is 0.703 bits per heavy atom. The molecule has 3 aromatic rings. The molecule has 15 heteroatoms. The first-order valence-corrected chi connectivity index (χ1v) is 10.5. The summed E-state index contributed by atoms with van der Waals surface area (Å²) < 4.78 is 185. The Balaban J connectivity index is 2.34. The molecule has 0 saturated heterocycles. The van der Waals surface area contributed by atoms with Crippen LogP contribution in [0.5, 0.6) is 0 Å². The quantitative estimate of drug-likeness (QED) is 0.179. The maximum atomic E-state index is 14.7. The Hall–Kier alpha value is -3.23. The summed E-state index contributed by atoms with van der Waals surface area (Å²) in [6.45, 7) is 1.06. The molecule has 0 radical (unpaired) electrons. The maximum absolute atomic E-state index is 14.7. The largest absolute Gasteiger partial charge is 0.288 e. The Labute approximate surface area is 201 Å². The minimum absolute atomic E-state index is 0.399. The van der Waals surface area contributed by atoms with Gasteiger partial charge in [-0.3, -0.25) is 4.79 Å². The number of rotatable bonds is 5. The molecule has 0 amide bonds. The lowest BCUT2D eigenvalue weighted by Gasteiger charge is -2.16. The third-order valence-corrected chi connectivity index (χ3v) is 5.80. The van der Waals surface area contributed by atoms with E-state index in [4.69, 9.17) is 0 Å². The number of thioether (sulfide) groups is 1. The zero-order valence-electron chi connectivity index (χ0n) is 17.6. The van der Waals surface area contributed by atoms with Crippen molar-refractivity contribution in [3.63, 3.8) is 0 Å². The highest BCUT2D eigenvalue weighted by molar-refractivity contribution is 8.13. The third kappa shape index (κ3) is 4.53. The van der Waals surface area contributed by atoms with E-state index in [0.29, 0.717) is 11.8 Å². The molecule has 0 aromatic heterocycles. The molecule has 37 heavy (non-hydrogen) atoms. The highest BCUT2D eigenvalue weighted by Gasteiger charge is 2.37. The molecule has 198 valence electrons. The minimum atomic E-state index is -2.90. The van der Waals surface area contributed by atoms with Gasteiger partial charge in [0.05, 0.1) is 22.3 Å². The van der Waals surface area contributed by atoms with Crippen LogP contribution in [0.1, 0.15) is 12.5 Å². The summed E-state index contributed by atoms with van der Waals surface area (Å²) >= 11 is 0.495. The smallest absolute Gasteiger partial charge is 0.200 e. The molecule has 0 heterocycles. The summed E-state index contributed by atoms with van der Waals surface area (Å²) in [5.41, 5.74) is -11.0. The Bertz CT molecular complexity index is 1380. The molecular weight excluding hydrogens is 559 g/mol. The number of carbonyl (C=O) groups excluding carboxylic acids is 1. The van der Waals surface area contributed by atoms with Gasteiger partial charge >= 0.3 is 0 Å². The first-order chi connectivity index (χ1) is 17.1. The van der Waals surface area contributed by atoms with Crippen LogP contribution in [-0.4, -0.2) is 10.9 Å². The topological polar surface area (TPSA) is 17.1 Å². The number of hydrogen-bond donors (Lipinski definition) is 0. The first-order valence-electron chi connectivity index (χ1n) is 9.51. The summed E-state index contributed by atoms with van der Waals surface area (Å²) in [7, 11) is 0. The van der Waals surface area contributed by atoms with Crippen molar-refractivity contribution in [1.29, 1.82) is 0 Å². The molecule has 0 aliphatic rings. The van der Waals surface area contributed by atoms with Gasteiger partial charge in [0.25, 0.3) is 0 Å². The fourth-order valence-corrected chi connectivity index (χ4v) is 3.90. The molecular formula is C22H7F13OS. The van der Waals surface area contributed by atoms with Crippen LogP contribution in [0.4, 0.5) is 57.1 Å². The van der Waals surface area contributed by atoms with Crippen molar-refractivity contribution in [2.75, 3.05) is 5.75 Å². The standard InChI is InChI=1S/C22H7F13OS/c1-4(36)37-3-2-5-10(23)12(25)6(13(26)11(5)24)7-14(27)16(29)8(17(30)15(7)28)9-18(31)20(33)22(35)21(34)19(9)32/h2-3H2,1H3. The van der Waals surface area contributed by atoms with Gasteiger partial charge < -0.3 is 0 Å². The Kier molecular flexibility index (Phi) is 7.86. The monoisotopic (exact) mass is 566 g/mol. The fraction of sp³-hybridized carbons (Fsp3) is 0.136. The Morgan fingerprint density at radius 1 is 0.459 bits per heavy atom. The number of halogens is 13. The van der Waals surface area contributed by atoms with E-state index in [-0.39, 0.29) is 0 Å². The molecule has 1 nitrogen and oxygen atoms in total. The molecule has 3 rings (SSSR count). The number of benzene rings is 3. The van der Waals surface area contributed by atoms with Crippen molar-refractivity contribution < 1.29 is 61.9 Å². The summed E-state index contributed by atoms with van der Waals surface area (Å²) in [6.07, 6.45) is -0.817. The van der Waals surface area contributed by atoms with Crippen molar-refractivity contribution in [2.24, 2.45) is 0 Å². The highest BCUT2D eigenvalue weighted by atomic mass is 32.2. The van der Waals surface area contributed by atoms with E-state index < -0.39 is 121 Å². The number of hydrogen-bond acceptors (Lipinski definition) is 2. The van der Waals surface area contributed by atoms with Crippen LogP contribution in [0.3, 0.4) is 0 Å². The lowest BCUT2D eigenvalue weighted by Crippen LogP contribution is -2.13. The maximum Gasteiger partial charge on any atom is 0.200 e. The van der Waals surface area contributed by atoms with Gasteiger partial charge in [-0.25, -0.2) is 57.1 Å². The van der Waals surface area contributed by atoms with Gasteiger partial charge in [-0.1, -0.05) is 11.8 Å². The lowest BCUT2D eigenvalue weighted by atomic mass is 9.94. The average Bonchev–Trinajstić information content (AvgIpc) is 2.85. The molecule has 0 N–H and O–H groups in total. The molecule has 0 atom stereocenters. The van der Waals surface area contributed by atoms with E-state index in [1.807, 2.05) is 0 Å². The van der Waals surface area contributed by atoms with Gasteiger partial charge in [0.2, 0.25) is 5.82 Å². The second-order valence-corrected chi connectivity index (χ2v) is 8.42. The van der Waals surface area contributed by atoms with Crippen LogP contribution in [0.25, 0.3) is 22.3 Å².